The molecule has 2 heterocycles. The van der Waals surface area contributed by atoms with Crippen LogP contribution in [0.15, 0.2) is 24.3 Å². The standard InChI is InChI=1S/C21H23N3O3/c1-13-19-16(4-2-5-17(19)25)23-20(13)21(27)22-12-14-7-9-15(10-8-14)24-11-3-6-18(24)26/h7-10,23H,2-6,11-12H2,1H3,(H,22,27). The molecular formula is C21H23N3O3. The molecular weight excluding hydrogens is 342 g/mol. The van der Waals surface area contributed by atoms with Gasteiger partial charge in [0.25, 0.3) is 5.91 Å². The van der Waals surface area contributed by atoms with E-state index < -0.39 is 0 Å². The van der Waals surface area contributed by atoms with Gasteiger partial charge in [0.1, 0.15) is 5.69 Å². The van der Waals surface area contributed by atoms with Crippen LogP contribution in [0, 0.1) is 6.92 Å². The van der Waals surface area contributed by atoms with Crippen LogP contribution in [-0.2, 0) is 17.8 Å². The van der Waals surface area contributed by atoms with Gasteiger partial charge in [-0.15, -0.1) is 0 Å². The lowest BCUT2D eigenvalue weighted by molar-refractivity contribution is -0.117. The van der Waals surface area contributed by atoms with Crippen molar-refractivity contribution in [3.8, 4) is 0 Å². The number of H-pyrrole nitrogens is 1. The third-order valence-electron chi connectivity index (χ3n) is 5.44. The Labute approximate surface area is 157 Å². The molecule has 2 amide bonds. The zero-order valence-electron chi connectivity index (χ0n) is 15.4. The summed E-state index contributed by atoms with van der Waals surface area (Å²) in [4.78, 5) is 41.4. The minimum Gasteiger partial charge on any atom is -0.354 e. The number of nitrogens with one attached hydrogen (secondary N) is 2. The van der Waals surface area contributed by atoms with Crippen molar-refractivity contribution in [2.45, 2.75) is 45.6 Å². The molecule has 140 valence electrons. The number of hydrogen-bond donors (Lipinski definition) is 2. The van der Waals surface area contributed by atoms with Gasteiger partial charge in [-0.3, -0.25) is 14.4 Å². The summed E-state index contributed by atoms with van der Waals surface area (Å²) in [5.41, 5.74) is 4.67. The highest BCUT2D eigenvalue weighted by molar-refractivity contribution is 6.04. The lowest BCUT2D eigenvalue weighted by Crippen LogP contribution is -2.25. The van der Waals surface area contributed by atoms with Gasteiger partial charge in [-0.2, -0.15) is 0 Å². The van der Waals surface area contributed by atoms with Crippen LogP contribution in [-0.4, -0.2) is 29.1 Å². The molecule has 0 atom stereocenters. The highest BCUT2D eigenvalue weighted by atomic mass is 16.2. The predicted octanol–water partition coefficient (Wildman–Crippen LogP) is 2.90. The molecule has 2 aromatic rings. The third kappa shape index (κ3) is 3.27. The maximum absolute atomic E-state index is 12.6. The van der Waals surface area contributed by atoms with Crippen LogP contribution < -0.4 is 10.2 Å². The number of amides is 2. The number of carbonyl (C=O) groups excluding carboxylic acids is 3. The fourth-order valence-electron chi connectivity index (χ4n) is 3.99. The second kappa shape index (κ2) is 7.02. The molecule has 1 fully saturated rings. The first-order chi connectivity index (χ1) is 13.0. The van der Waals surface area contributed by atoms with Crippen LogP contribution in [0.3, 0.4) is 0 Å². The Hall–Kier alpha value is -2.89. The molecule has 0 radical (unpaired) electrons. The molecule has 0 bridgehead atoms. The highest BCUT2D eigenvalue weighted by Gasteiger charge is 2.26. The minimum absolute atomic E-state index is 0.121. The Kier molecular flexibility index (Phi) is 4.56. The summed E-state index contributed by atoms with van der Waals surface area (Å²) < 4.78 is 0. The zero-order chi connectivity index (χ0) is 19.0. The van der Waals surface area contributed by atoms with Crippen molar-refractivity contribution in [1.29, 1.82) is 0 Å². The fraction of sp³-hybridized carbons (Fsp3) is 0.381. The number of ketones is 1. The van der Waals surface area contributed by atoms with Crippen molar-refractivity contribution in [3.05, 3.63) is 52.3 Å². The number of hydrogen-bond acceptors (Lipinski definition) is 3. The molecule has 1 aromatic carbocycles. The molecule has 0 unspecified atom stereocenters. The Morgan fingerprint density at radius 2 is 1.89 bits per heavy atom. The lowest BCUT2D eigenvalue weighted by atomic mass is 9.94. The zero-order valence-corrected chi connectivity index (χ0v) is 15.4. The number of Topliss-reactive ketones (excluding diaryl/α,β-unsaturated/α-hetero) is 1. The Morgan fingerprint density at radius 1 is 1.11 bits per heavy atom. The molecule has 1 aliphatic heterocycles. The molecule has 0 saturated carbocycles. The summed E-state index contributed by atoms with van der Waals surface area (Å²) in [7, 11) is 0. The molecule has 2 aliphatic rings. The summed E-state index contributed by atoms with van der Waals surface area (Å²) in [6, 6.07) is 7.69. The summed E-state index contributed by atoms with van der Waals surface area (Å²) in [6.07, 6.45) is 3.71. The number of anilines is 1. The first-order valence-electron chi connectivity index (χ1n) is 9.46. The van der Waals surface area contributed by atoms with Crippen LogP contribution in [0.1, 0.15) is 63.4 Å². The SMILES string of the molecule is Cc1c(C(=O)NCc2ccc(N3CCCC3=O)cc2)[nH]c2c1C(=O)CCC2. The molecule has 4 rings (SSSR count). The van der Waals surface area contributed by atoms with Gasteiger partial charge in [0.2, 0.25) is 5.91 Å². The Bertz CT molecular complexity index is 911. The molecule has 27 heavy (non-hydrogen) atoms. The molecule has 1 aromatic heterocycles. The molecule has 2 N–H and O–H groups in total. The van der Waals surface area contributed by atoms with E-state index in [0.717, 1.165) is 48.3 Å². The van der Waals surface area contributed by atoms with Gasteiger partial charge >= 0.3 is 0 Å². The van der Waals surface area contributed by atoms with Gasteiger partial charge in [-0.25, -0.2) is 0 Å². The van der Waals surface area contributed by atoms with Gasteiger partial charge in [-0.1, -0.05) is 12.1 Å². The van der Waals surface area contributed by atoms with Gasteiger partial charge < -0.3 is 15.2 Å². The second-order valence-corrected chi connectivity index (χ2v) is 7.25. The molecule has 1 aliphatic carbocycles. The van der Waals surface area contributed by atoms with E-state index in [1.165, 1.54) is 0 Å². The number of rotatable bonds is 4. The third-order valence-corrected chi connectivity index (χ3v) is 5.44. The van der Waals surface area contributed by atoms with Crippen molar-refractivity contribution in [3.63, 3.8) is 0 Å². The Morgan fingerprint density at radius 3 is 2.56 bits per heavy atom. The fourth-order valence-corrected chi connectivity index (χ4v) is 3.99. The van der Waals surface area contributed by atoms with E-state index in [2.05, 4.69) is 10.3 Å². The largest absolute Gasteiger partial charge is 0.354 e. The molecule has 0 spiro atoms. The predicted molar refractivity (Wildman–Crippen MR) is 102 cm³/mol. The highest BCUT2D eigenvalue weighted by Crippen LogP contribution is 2.26. The monoisotopic (exact) mass is 365 g/mol. The van der Waals surface area contributed by atoms with Crippen LogP contribution in [0.5, 0.6) is 0 Å². The van der Waals surface area contributed by atoms with E-state index in [0.29, 0.717) is 30.6 Å². The van der Waals surface area contributed by atoms with Gasteiger partial charge in [0.05, 0.1) is 0 Å². The Balaban J connectivity index is 1.42. The average molecular weight is 365 g/mol. The number of fused-ring (bicyclic) bond motifs is 1. The minimum atomic E-state index is -0.200. The number of aromatic nitrogens is 1. The van der Waals surface area contributed by atoms with Crippen molar-refractivity contribution >= 4 is 23.3 Å². The van der Waals surface area contributed by atoms with Crippen molar-refractivity contribution in [1.82, 2.24) is 10.3 Å². The quantitative estimate of drug-likeness (QED) is 0.874. The van der Waals surface area contributed by atoms with E-state index in [4.69, 9.17) is 0 Å². The molecule has 6 nitrogen and oxygen atoms in total. The van der Waals surface area contributed by atoms with Crippen molar-refractivity contribution in [2.24, 2.45) is 0 Å². The number of benzene rings is 1. The average Bonchev–Trinajstić information content (AvgIpc) is 3.24. The van der Waals surface area contributed by atoms with E-state index in [9.17, 15) is 14.4 Å². The van der Waals surface area contributed by atoms with Crippen LogP contribution in [0.4, 0.5) is 5.69 Å². The molecule has 1 saturated heterocycles. The van der Waals surface area contributed by atoms with Gasteiger partial charge in [0.15, 0.2) is 5.78 Å². The maximum atomic E-state index is 12.6. The number of aromatic amines is 1. The van der Waals surface area contributed by atoms with E-state index >= 15 is 0 Å². The van der Waals surface area contributed by atoms with Crippen molar-refractivity contribution < 1.29 is 14.4 Å². The number of carbonyl (C=O) groups is 3. The topological polar surface area (TPSA) is 82.3 Å². The first kappa shape index (κ1) is 17.5. The second-order valence-electron chi connectivity index (χ2n) is 7.25. The van der Waals surface area contributed by atoms with Crippen LogP contribution >= 0.6 is 0 Å². The summed E-state index contributed by atoms with van der Waals surface area (Å²) in [5, 5.41) is 2.92. The van der Waals surface area contributed by atoms with Crippen LogP contribution in [0.25, 0.3) is 0 Å². The van der Waals surface area contributed by atoms with Crippen LogP contribution in [0.2, 0.25) is 0 Å². The van der Waals surface area contributed by atoms with Gasteiger partial charge in [-0.05, 0) is 49.4 Å². The summed E-state index contributed by atoms with van der Waals surface area (Å²) >= 11 is 0. The molecule has 6 heteroatoms. The first-order valence-corrected chi connectivity index (χ1v) is 9.46. The maximum Gasteiger partial charge on any atom is 0.268 e. The van der Waals surface area contributed by atoms with E-state index in [1.54, 1.807) is 4.90 Å². The van der Waals surface area contributed by atoms with E-state index in [-0.39, 0.29) is 17.6 Å². The summed E-state index contributed by atoms with van der Waals surface area (Å²) in [6.45, 7) is 2.99. The normalized spacial score (nSPS) is 16.6. The smallest absolute Gasteiger partial charge is 0.268 e. The number of aryl methyl sites for hydroxylation is 1. The van der Waals surface area contributed by atoms with Gasteiger partial charge in [0, 0.05) is 42.9 Å². The van der Waals surface area contributed by atoms with Crippen molar-refractivity contribution in [2.75, 3.05) is 11.4 Å². The number of nitrogens with zero attached hydrogens (tertiary/aromatic N) is 1. The lowest BCUT2D eigenvalue weighted by Gasteiger charge is -2.16. The van der Waals surface area contributed by atoms with E-state index in [1.807, 2.05) is 31.2 Å². The summed E-state index contributed by atoms with van der Waals surface area (Å²) in [5.74, 6) is 0.0846.